The SMILES string of the molecule is COc1ccc(C(=O)NCCNC(=O)c2cc(O)cc(O)c2)cc1. The first-order valence-electron chi connectivity index (χ1n) is 7.23. The summed E-state index contributed by atoms with van der Waals surface area (Å²) in [6.07, 6.45) is 0. The van der Waals surface area contributed by atoms with E-state index in [1.807, 2.05) is 0 Å². The normalized spacial score (nSPS) is 10.0. The lowest BCUT2D eigenvalue weighted by molar-refractivity contribution is 0.0927. The summed E-state index contributed by atoms with van der Waals surface area (Å²) in [7, 11) is 1.55. The molecule has 0 saturated heterocycles. The predicted molar refractivity (Wildman–Crippen MR) is 87.4 cm³/mol. The Morgan fingerprint density at radius 2 is 1.38 bits per heavy atom. The number of phenols is 2. The van der Waals surface area contributed by atoms with Gasteiger partial charge in [0.1, 0.15) is 17.2 Å². The van der Waals surface area contributed by atoms with Crippen molar-refractivity contribution in [3.8, 4) is 17.2 Å². The first kappa shape index (κ1) is 17.1. The first-order chi connectivity index (χ1) is 11.5. The van der Waals surface area contributed by atoms with E-state index in [-0.39, 0.29) is 36.1 Å². The number of carbonyl (C=O) groups is 2. The van der Waals surface area contributed by atoms with Gasteiger partial charge in [0.2, 0.25) is 0 Å². The molecule has 0 aliphatic rings. The number of carbonyl (C=O) groups excluding carboxylic acids is 2. The first-order valence-corrected chi connectivity index (χ1v) is 7.23. The number of benzene rings is 2. The van der Waals surface area contributed by atoms with Crippen LogP contribution >= 0.6 is 0 Å². The molecule has 2 amide bonds. The molecule has 0 aliphatic heterocycles. The van der Waals surface area contributed by atoms with Crippen LogP contribution in [0, 0.1) is 0 Å². The lowest BCUT2D eigenvalue weighted by atomic mass is 10.2. The molecule has 2 rings (SSSR count). The van der Waals surface area contributed by atoms with Crippen LogP contribution in [0.5, 0.6) is 17.2 Å². The van der Waals surface area contributed by atoms with Crippen LogP contribution in [-0.4, -0.2) is 42.2 Å². The van der Waals surface area contributed by atoms with Crippen LogP contribution in [0.1, 0.15) is 20.7 Å². The topological polar surface area (TPSA) is 108 Å². The molecule has 4 N–H and O–H groups in total. The summed E-state index contributed by atoms with van der Waals surface area (Å²) in [6.45, 7) is 0.443. The van der Waals surface area contributed by atoms with Gasteiger partial charge in [-0.05, 0) is 36.4 Å². The molecule has 0 spiro atoms. The molecule has 2 aromatic carbocycles. The van der Waals surface area contributed by atoms with Crippen LogP contribution in [0.25, 0.3) is 0 Å². The van der Waals surface area contributed by atoms with E-state index < -0.39 is 5.91 Å². The van der Waals surface area contributed by atoms with Gasteiger partial charge in [-0.15, -0.1) is 0 Å². The van der Waals surface area contributed by atoms with Gasteiger partial charge < -0.3 is 25.6 Å². The molecule has 0 atom stereocenters. The van der Waals surface area contributed by atoms with E-state index in [2.05, 4.69) is 10.6 Å². The van der Waals surface area contributed by atoms with Crippen molar-refractivity contribution in [2.75, 3.05) is 20.2 Å². The summed E-state index contributed by atoms with van der Waals surface area (Å²) in [4.78, 5) is 23.8. The maximum Gasteiger partial charge on any atom is 0.251 e. The van der Waals surface area contributed by atoms with Gasteiger partial charge in [-0.2, -0.15) is 0 Å². The zero-order valence-electron chi connectivity index (χ0n) is 13.1. The fraction of sp³-hybridized carbons (Fsp3) is 0.176. The number of nitrogens with one attached hydrogen (secondary N) is 2. The van der Waals surface area contributed by atoms with Gasteiger partial charge in [-0.3, -0.25) is 9.59 Å². The molecule has 126 valence electrons. The van der Waals surface area contributed by atoms with E-state index in [4.69, 9.17) is 4.74 Å². The molecule has 0 bridgehead atoms. The highest BCUT2D eigenvalue weighted by molar-refractivity contribution is 5.95. The van der Waals surface area contributed by atoms with Gasteiger partial charge in [-0.1, -0.05) is 0 Å². The second-order valence-corrected chi connectivity index (χ2v) is 4.98. The highest BCUT2D eigenvalue weighted by Crippen LogP contribution is 2.20. The number of hydrogen-bond acceptors (Lipinski definition) is 5. The van der Waals surface area contributed by atoms with Crippen molar-refractivity contribution in [2.45, 2.75) is 0 Å². The van der Waals surface area contributed by atoms with E-state index in [9.17, 15) is 19.8 Å². The fourth-order valence-electron chi connectivity index (χ4n) is 2.02. The summed E-state index contributed by atoms with van der Waals surface area (Å²) < 4.78 is 5.02. The molecule has 0 heterocycles. The second kappa shape index (κ2) is 7.87. The Labute approximate surface area is 138 Å². The molecule has 7 nitrogen and oxygen atoms in total. The van der Waals surface area contributed by atoms with Crippen LogP contribution in [0.15, 0.2) is 42.5 Å². The molecule has 0 unspecified atom stereocenters. The lowest BCUT2D eigenvalue weighted by Gasteiger charge is -2.08. The number of rotatable bonds is 6. The van der Waals surface area contributed by atoms with Crippen molar-refractivity contribution in [1.82, 2.24) is 10.6 Å². The predicted octanol–water partition coefficient (Wildman–Crippen LogP) is 1.27. The fourth-order valence-corrected chi connectivity index (χ4v) is 2.02. The van der Waals surface area contributed by atoms with E-state index in [1.54, 1.807) is 31.4 Å². The molecule has 7 heteroatoms. The van der Waals surface area contributed by atoms with Crippen molar-refractivity contribution in [2.24, 2.45) is 0 Å². The Morgan fingerprint density at radius 3 is 1.88 bits per heavy atom. The number of phenolic OH excluding ortho intramolecular Hbond substituents is 2. The largest absolute Gasteiger partial charge is 0.508 e. The molecule has 24 heavy (non-hydrogen) atoms. The molecule has 0 aliphatic carbocycles. The average Bonchev–Trinajstić information content (AvgIpc) is 2.57. The van der Waals surface area contributed by atoms with Crippen molar-refractivity contribution in [3.05, 3.63) is 53.6 Å². The van der Waals surface area contributed by atoms with Gasteiger partial charge in [-0.25, -0.2) is 0 Å². The number of amides is 2. The number of methoxy groups -OCH3 is 1. The summed E-state index contributed by atoms with van der Waals surface area (Å²) in [6, 6.07) is 10.3. The Kier molecular flexibility index (Phi) is 5.62. The highest BCUT2D eigenvalue weighted by Gasteiger charge is 2.09. The van der Waals surface area contributed by atoms with Gasteiger partial charge in [0.05, 0.1) is 7.11 Å². The van der Waals surface area contributed by atoms with Crippen LogP contribution in [0.3, 0.4) is 0 Å². The minimum atomic E-state index is -0.458. The van der Waals surface area contributed by atoms with Crippen molar-refractivity contribution in [1.29, 1.82) is 0 Å². The third kappa shape index (κ3) is 4.64. The maximum absolute atomic E-state index is 11.9. The molecule has 2 aromatic rings. The van der Waals surface area contributed by atoms with Crippen LogP contribution in [0.2, 0.25) is 0 Å². The lowest BCUT2D eigenvalue weighted by Crippen LogP contribution is -2.34. The molecular weight excluding hydrogens is 312 g/mol. The maximum atomic E-state index is 11.9. The summed E-state index contributed by atoms with van der Waals surface area (Å²) in [5.41, 5.74) is 0.619. The molecular formula is C17H18N2O5. The smallest absolute Gasteiger partial charge is 0.251 e. The van der Waals surface area contributed by atoms with Gasteiger partial charge >= 0.3 is 0 Å². The molecule has 0 fully saturated rings. The van der Waals surface area contributed by atoms with Crippen LogP contribution in [-0.2, 0) is 0 Å². The Balaban J connectivity index is 1.79. The zero-order chi connectivity index (χ0) is 17.5. The monoisotopic (exact) mass is 330 g/mol. The quantitative estimate of drug-likeness (QED) is 0.597. The Morgan fingerprint density at radius 1 is 0.875 bits per heavy atom. The number of aromatic hydroxyl groups is 2. The number of ether oxygens (including phenoxy) is 1. The standard InChI is InChI=1S/C17H18N2O5/c1-24-15-4-2-11(3-5-15)16(22)18-6-7-19-17(23)12-8-13(20)10-14(21)9-12/h2-5,8-10,20-21H,6-7H2,1H3,(H,18,22)(H,19,23). The Hall–Kier alpha value is -3.22. The Bertz CT molecular complexity index is 708. The molecule has 0 aromatic heterocycles. The van der Waals surface area contributed by atoms with Gasteiger partial charge in [0.25, 0.3) is 11.8 Å². The zero-order valence-corrected chi connectivity index (χ0v) is 13.1. The van der Waals surface area contributed by atoms with Crippen molar-refractivity contribution in [3.63, 3.8) is 0 Å². The second-order valence-electron chi connectivity index (χ2n) is 4.98. The summed E-state index contributed by atoms with van der Waals surface area (Å²) in [5.74, 6) is -0.462. The van der Waals surface area contributed by atoms with Crippen LogP contribution in [0.4, 0.5) is 0 Å². The highest BCUT2D eigenvalue weighted by atomic mass is 16.5. The van der Waals surface area contributed by atoms with E-state index in [0.717, 1.165) is 6.07 Å². The third-order valence-corrected chi connectivity index (χ3v) is 3.21. The van der Waals surface area contributed by atoms with Crippen molar-refractivity contribution < 1.29 is 24.5 Å². The van der Waals surface area contributed by atoms with Gasteiger partial charge in [0, 0.05) is 30.3 Å². The van der Waals surface area contributed by atoms with Crippen molar-refractivity contribution >= 4 is 11.8 Å². The molecule has 0 saturated carbocycles. The third-order valence-electron chi connectivity index (χ3n) is 3.21. The van der Waals surface area contributed by atoms with E-state index in [0.29, 0.717) is 11.3 Å². The minimum Gasteiger partial charge on any atom is -0.508 e. The van der Waals surface area contributed by atoms with Gasteiger partial charge in [0.15, 0.2) is 0 Å². The molecule has 0 radical (unpaired) electrons. The average molecular weight is 330 g/mol. The minimum absolute atomic E-state index is 0.133. The van der Waals surface area contributed by atoms with E-state index in [1.165, 1.54) is 12.1 Å². The van der Waals surface area contributed by atoms with E-state index >= 15 is 0 Å². The summed E-state index contributed by atoms with van der Waals surface area (Å²) in [5, 5.41) is 23.9. The van der Waals surface area contributed by atoms with Crippen LogP contribution < -0.4 is 15.4 Å². The number of hydrogen-bond donors (Lipinski definition) is 4. The summed E-state index contributed by atoms with van der Waals surface area (Å²) >= 11 is 0.